The summed E-state index contributed by atoms with van der Waals surface area (Å²) in [5.74, 6) is 0. The lowest BCUT2D eigenvalue weighted by atomic mass is 10.0. The van der Waals surface area contributed by atoms with Crippen molar-refractivity contribution < 1.29 is 9.90 Å². The number of aliphatic hydroxyl groups excluding tert-OH is 1. The van der Waals surface area contributed by atoms with E-state index in [0.717, 1.165) is 51.9 Å². The van der Waals surface area contributed by atoms with Gasteiger partial charge in [0.05, 0.1) is 12.6 Å². The van der Waals surface area contributed by atoms with Crippen LogP contribution in [0.2, 0.25) is 0 Å². The Bertz CT molecular complexity index is 508. The van der Waals surface area contributed by atoms with Crippen molar-refractivity contribution in [3.05, 3.63) is 35.9 Å². The molecule has 2 saturated heterocycles. The van der Waals surface area contributed by atoms with Gasteiger partial charge in [-0.05, 0) is 37.8 Å². The highest BCUT2D eigenvalue weighted by atomic mass is 16.3. The van der Waals surface area contributed by atoms with Crippen LogP contribution in [0.25, 0.3) is 0 Å². The van der Waals surface area contributed by atoms with E-state index in [2.05, 4.69) is 34.5 Å². The highest BCUT2D eigenvalue weighted by Gasteiger charge is 2.30. The summed E-state index contributed by atoms with van der Waals surface area (Å²) in [6, 6.07) is 10.7. The van der Waals surface area contributed by atoms with Gasteiger partial charge >= 0.3 is 6.03 Å². The zero-order valence-electron chi connectivity index (χ0n) is 13.7. The van der Waals surface area contributed by atoms with Crippen LogP contribution in [0.3, 0.4) is 0 Å². The Balaban J connectivity index is 1.51. The lowest BCUT2D eigenvalue weighted by Gasteiger charge is -2.34. The zero-order valence-corrected chi connectivity index (χ0v) is 13.7. The fraction of sp³-hybridized carbons (Fsp3) is 0.611. The summed E-state index contributed by atoms with van der Waals surface area (Å²) >= 11 is 0. The summed E-state index contributed by atoms with van der Waals surface area (Å²) < 4.78 is 0. The summed E-state index contributed by atoms with van der Waals surface area (Å²) in [6.07, 6.45) is 4.05. The number of nitrogens with one attached hydrogen (secondary N) is 1. The van der Waals surface area contributed by atoms with E-state index >= 15 is 0 Å². The minimum Gasteiger partial charge on any atom is -0.394 e. The third kappa shape index (κ3) is 4.24. The molecule has 5 heteroatoms. The second-order valence-electron chi connectivity index (χ2n) is 6.68. The van der Waals surface area contributed by atoms with E-state index in [0.29, 0.717) is 0 Å². The summed E-state index contributed by atoms with van der Waals surface area (Å²) in [6.45, 7) is 3.76. The molecule has 23 heavy (non-hydrogen) atoms. The van der Waals surface area contributed by atoms with E-state index in [4.69, 9.17) is 0 Å². The Hall–Kier alpha value is -1.59. The molecule has 0 saturated carbocycles. The molecule has 1 aromatic rings. The van der Waals surface area contributed by atoms with Crippen molar-refractivity contribution in [2.45, 2.75) is 44.3 Å². The molecule has 2 fully saturated rings. The number of hydrogen-bond acceptors (Lipinski definition) is 3. The second-order valence-corrected chi connectivity index (χ2v) is 6.68. The van der Waals surface area contributed by atoms with Gasteiger partial charge in [-0.15, -0.1) is 0 Å². The van der Waals surface area contributed by atoms with Gasteiger partial charge in [0.1, 0.15) is 0 Å². The number of likely N-dealkylation sites (tertiary alicyclic amines) is 2. The number of piperidine rings is 1. The molecule has 2 heterocycles. The van der Waals surface area contributed by atoms with Gasteiger partial charge in [0.25, 0.3) is 0 Å². The first-order valence-electron chi connectivity index (χ1n) is 8.70. The molecule has 0 radical (unpaired) electrons. The van der Waals surface area contributed by atoms with E-state index in [1.54, 1.807) is 4.90 Å². The fourth-order valence-electron chi connectivity index (χ4n) is 3.71. The number of amides is 2. The number of aliphatic hydroxyl groups is 1. The summed E-state index contributed by atoms with van der Waals surface area (Å²) in [4.78, 5) is 16.6. The number of urea groups is 1. The molecular formula is C18H27N3O2. The van der Waals surface area contributed by atoms with Gasteiger partial charge in [-0.25, -0.2) is 4.79 Å². The van der Waals surface area contributed by atoms with Crippen LogP contribution in [0, 0.1) is 0 Å². The first kappa shape index (κ1) is 16.3. The molecule has 126 valence electrons. The number of carbonyl (C=O) groups excluding carboxylic acids is 1. The molecule has 0 aromatic heterocycles. The molecule has 0 aliphatic carbocycles. The van der Waals surface area contributed by atoms with Crippen molar-refractivity contribution in [3.63, 3.8) is 0 Å². The van der Waals surface area contributed by atoms with E-state index in [1.165, 1.54) is 5.56 Å². The lowest BCUT2D eigenvalue weighted by Crippen LogP contribution is -2.52. The van der Waals surface area contributed by atoms with Gasteiger partial charge in [-0.1, -0.05) is 30.3 Å². The van der Waals surface area contributed by atoms with Crippen molar-refractivity contribution in [2.24, 2.45) is 0 Å². The predicted molar refractivity (Wildman–Crippen MR) is 90.1 cm³/mol. The summed E-state index contributed by atoms with van der Waals surface area (Å²) in [5.41, 5.74) is 1.32. The fourth-order valence-corrected chi connectivity index (χ4v) is 3.71. The number of carbonyl (C=O) groups is 1. The predicted octanol–water partition coefficient (Wildman–Crippen LogP) is 1.82. The number of nitrogens with zero attached hydrogens (tertiary/aromatic N) is 2. The third-order valence-electron chi connectivity index (χ3n) is 4.93. The molecule has 0 bridgehead atoms. The summed E-state index contributed by atoms with van der Waals surface area (Å²) in [7, 11) is 0. The Kier molecular flexibility index (Phi) is 5.51. The maximum Gasteiger partial charge on any atom is 0.317 e. The molecule has 2 aliphatic rings. The van der Waals surface area contributed by atoms with Crippen molar-refractivity contribution in [3.8, 4) is 0 Å². The van der Waals surface area contributed by atoms with Crippen LogP contribution >= 0.6 is 0 Å². The first-order chi connectivity index (χ1) is 11.3. The third-order valence-corrected chi connectivity index (χ3v) is 4.93. The Labute approximate surface area is 138 Å². The van der Waals surface area contributed by atoms with Crippen LogP contribution in [0.5, 0.6) is 0 Å². The van der Waals surface area contributed by atoms with Gasteiger partial charge in [-0.3, -0.25) is 4.90 Å². The van der Waals surface area contributed by atoms with Crippen molar-refractivity contribution in [1.82, 2.24) is 15.1 Å². The van der Waals surface area contributed by atoms with Gasteiger partial charge in [-0.2, -0.15) is 0 Å². The second kappa shape index (κ2) is 7.79. The van der Waals surface area contributed by atoms with E-state index in [-0.39, 0.29) is 24.7 Å². The standard InChI is InChI=1S/C18H27N3O2/c22-14-17-9-5-11-21(17)18(23)19-16-8-4-10-20(13-16)12-15-6-2-1-3-7-15/h1-3,6-7,16-17,22H,4-5,8-14H2,(H,19,23). The van der Waals surface area contributed by atoms with Gasteiger partial charge in [0, 0.05) is 25.7 Å². The largest absolute Gasteiger partial charge is 0.394 e. The van der Waals surface area contributed by atoms with Crippen LogP contribution in [0.4, 0.5) is 4.79 Å². The molecule has 2 aliphatic heterocycles. The topological polar surface area (TPSA) is 55.8 Å². The molecule has 2 atom stereocenters. The molecule has 2 amide bonds. The Morgan fingerprint density at radius 3 is 2.74 bits per heavy atom. The van der Waals surface area contributed by atoms with E-state index < -0.39 is 0 Å². The molecule has 3 rings (SSSR count). The van der Waals surface area contributed by atoms with Gasteiger partial charge in [0.15, 0.2) is 0 Å². The monoisotopic (exact) mass is 317 g/mol. The smallest absolute Gasteiger partial charge is 0.317 e. The number of benzene rings is 1. The first-order valence-corrected chi connectivity index (χ1v) is 8.70. The van der Waals surface area contributed by atoms with E-state index in [9.17, 15) is 9.90 Å². The molecule has 0 spiro atoms. The minimum absolute atomic E-state index is 0.000914. The number of hydrogen-bond donors (Lipinski definition) is 2. The number of rotatable bonds is 4. The van der Waals surface area contributed by atoms with Crippen LogP contribution in [0.1, 0.15) is 31.2 Å². The maximum absolute atomic E-state index is 12.4. The van der Waals surface area contributed by atoms with Gasteiger partial charge < -0.3 is 15.3 Å². The molecular weight excluding hydrogens is 290 g/mol. The SMILES string of the molecule is O=C(NC1CCCN(Cc2ccccc2)C1)N1CCCC1CO. The molecule has 2 unspecified atom stereocenters. The zero-order chi connectivity index (χ0) is 16.1. The van der Waals surface area contributed by atoms with Crippen LogP contribution in [0.15, 0.2) is 30.3 Å². The van der Waals surface area contributed by atoms with Gasteiger partial charge in [0.2, 0.25) is 0 Å². The molecule has 5 nitrogen and oxygen atoms in total. The Morgan fingerprint density at radius 1 is 1.17 bits per heavy atom. The van der Waals surface area contributed by atoms with Crippen LogP contribution < -0.4 is 5.32 Å². The highest BCUT2D eigenvalue weighted by molar-refractivity contribution is 5.75. The summed E-state index contributed by atoms with van der Waals surface area (Å²) in [5, 5.41) is 12.5. The quantitative estimate of drug-likeness (QED) is 0.890. The maximum atomic E-state index is 12.4. The normalized spacial score (nSPS) is 25.5. The minimum atomic E-state index is -0.00638. The van der Waals surface area contributed by atoms with Crippen LogP contribution in [-0.4, -0.2) is 59.3 Å². The van der Waals surface area contributed by atoms with Crippen molar-refractivity contribution >= 4 is 6.03 Å². The average molecular weight is 317 g/mol. The van der Waals surface area contributed by atoms with Crippen molar-refractivity contribution in [1.29, 1.82) is 0 Å². The van der Waals surface area contributed by atoms with E-state index in [1.807, 2.05) is 6.07 Å². The average Bonchev–Trinajstić information content (AvgIpc) is 3.05. The highest BCUT2D eigenvalue weighted by Crippen LogP contribution is 2.18. The Morgan fingerprint density at radius 2 is 1.96 bits per heavy atom. The molecule has 2 N–H and O–H groups in total. The lowest BCUT2D eigenvalue weighted by molar-refractivity contribution is 0.142. The van der Waals surface area contributed by atoms with Crippen molar-refractivity contribution in [2.75, 3.05) is 26.2 Å². The molecule has 1 aromatic carbocycles. The van der Waals surface area contributed by atoms with Crippen LogP contribution in [-0.2, 0) is 6.54 Å².